The molecule has 2 amide bonds. The quantitative estimate of drug-likeness (QED) is 0.587. The second-order valence-electron chi connectivity index (χ2n) is 7.67. The molecule has 31 heavy (non-hydrogen) atoms. The number of carbonyl (C=O) groups excluding carboxylic acids is 2. The molecule has 2 atom stereocenters. The zero-order chi connectivity index (χ0) is 22.8. The van der Waals surface area contributed by atoms with Crippen LogP contribution in [0.4, 0.5) is 0 Å². The third-order valence-electron chi connectivity index (χ3n) is 5.34. The second kappa shape index (κ2) is 12.0. The first-order valence-electron chi connectivity index (χ1n) is 10.8. The number of benzene rings is 2. The fraction of sp³-hybridized carbons (Fsp3) is 0.440. The molecule has 6 heteroatoms. The van der Waals surface area contributed by atoms with Crippen LogP contribution in [0, 0.1) is 6.92 Å². The molecule has 0 saturated heterocycles. The Kier molecular flexibility index (Phi) is 9.38. The molecule has 0 unspecified atom stereocenters. The zero-order valence-electron chi connectivity index (χ0n) is 19.2. The average Bonchev–Trinajstić information content (AvgIpc) is 2.78. The molecule has 1 N–H and O–H groups in total. The van der Waals surface area contributed by atoms with E-state index in [0.717, 1.165) is 23.3 Å². The van der Waals surface area contributed by atoms with Crippen molar-refractivity contribution in [2.24, 2.45) is 0 Å². The number of hydrogen-bond donors (Lipinski definition) is 1. The predicted octanol–water partition coefficient (Wildman–Crippen LogP) is 4.10. The molecule has 0 radical (unpaired) electrons. The number of nitrogens with zero attached hydrogens (tertiary/aromatic N) is 1. The van der Waals surface area contributed by atoms with E-state index in [0.29, 0.717) is 18.7 Å². The van der Waals surface area contributed by atoms with Crippen molar-refractivity contribution in [2.75, 3.05) is 13.7 Å². The highest BCUT2D eigenvalue weighted by atomic mass is 16.5. The Hall–Kier alpha value is -3.02. The van der Waals surface area contributed by atoms with Crippen molar-refractivity contribution < 1.29 is 19.1 Å². The van der Waals surface area contributed by atoms with Gasteiger partial charge in [-0.25, -0.2) is 0 Å². The van der Waals surface area contributed by atoms with Gasteiger partial charge in [-0.15, -0.1) is 0 Å². The van der Waals surface area contributed by atoms with Crippen molar-refractivity contribution in [2.45, 2.75) is 59.2 Å². The lowest BCUT2D eigenvalue weighted by Crippen LogP contribution is -2.51. The summed E-state index contributed by atoms with van der Waals surface area (Å²) in [4.78, 5) is 27.8. The molecule has 0 aliphatic rings. The first kappa shape index (κ1) is 24.3. The topological polar surface area (TPSA) is 67.9 Å². The van der Waals surface area contributed by atoms with E-state index >= 15 is 0 Å². The molecule has 0 bridgehead atoms. The van der Waals surface area contributed by atoms with E-state index in [1.54, 1.807) is 12.0 Å². The van der Waals surface area contributed by atoms with Gasteiger partial charge in [-0.2, -0.15) is 0 Å². The summed E-state index contributed by atoms with van der Waals surface area (Å²) in [5.74, 6) is 1.03. The first-order chi connectivity index (χ1) is 14.9. The summed E-state index contributed by atoms with van der Waals surface area (Å²) in [6, 6.07) is 14.5. The maximum absolute atomic E-state index is 13.2. The fourth-order valence-corrected chi connectivity index (χ4v) is 3.23. The van der Waals surface area contributed by atoms with Gasteiger partial charge in [0.25, 0.3) is 5.91 Å². The highest BCUT2D eigenvalue weighted by Gasteiger charge is 2.29. The summed E-state index contributed by atoms with van der Waals surface area (Å²) in [6.45, 7) is 8.00. The number of aryl methyl sites for hydroxylation is 1. The molecule has 6 nitrogen and oxygen atoms in total. The Bertz CT molecular complexity index is 851. The number of carbonyl (C=O) groups is 2. The predicted molar refractivity (Wildman–Crippen MR) is 122 cm³/mol. The Morgan fingerprint density at radius 2 is 1.71 bits per heavy atom. The molecule has 0 saturated carbocycles. The highest BCUT2D eigenvalue weighted by Crippen LogP contribution is 2.19. The number of hydrogen-bond acceptors (Lipinski definition) is 4. The molecule has 0 heterocycles. The van der Waals surface area contributed by atoms with Crippen LogP contribution in [-0.2, 0) is 16.1 Å². The van der Waals surface area contributed by atoms with Crippen LogP contribution in [-0.4, -0.2) is 42.5 Å². The van der Waals surface area contributed by atoms with E-state index in [2.05, 4.69) is 5.32 Å². The molecular weight excluding hydrogens is 392 g/mol. The first-order valence-corrected chi connectivity index (χ1v) is 10.8. The minimum absolute atomic E-state index is 0.0442. The average molecular weight is 427 g/mol. The van der Waals surface area contributed by atoms with Crippen LogP contribution < -0.4 is 14.8 Å². The standard InChI is InChI=1S/C25H34N2O4/c1-6-19(4)26-25(29)22(7-2)27(16-20-12-14-21(30-5)15-13-20)24(28)17-31-23-11-9-8-10-18(23)3/h8-15,19,22H,6-7,16-17H2,1-5H3,(H,26,29)/t19-,22-/m0/s1. The Labute approximate surface area is 185 Å². The summed E-state index contributed by atoms with van der Waals surface area (Å²) < 4.78 is 11.0. The van der Waals surface area contributed by atoms with E-state index in [1.807, 2.05) is 76.2 Å². The van der Waals surface area contributed by atoms with Crippen LogP contribution in [0.1, 0.15) is 44.7 Å². The Balaban J connectivity index is 2.22. The van der Waals surface area contributed by atoms with Crippen LogP contribution in [0.2, 0.25) is 0 Å². The molecule has 2 aromatic rings. The van der Waals surface area contributed by atoms with Crippen molar-refractivity contribution >= 4 is 11.8 Å². The SMILES string of the molecule is CC[C@H](C)NC(=O)[C@H](CC)N(Cc1ccc(OC)cc1)C(=O)COc1ccccc1C. The lowest BCUT2D eigenvalue weighted by atomic mass is 10.1. The lowest BCUT2D eigenvalue weighted by molar-refractivity contribution is -0.143. The third-order valence-corrected chi connectivity index (χ3v) is 5.34. The summed E-state index contributed by atoms with van der Waals surface area (Å²) >= 11 is 0. The van der Waals surface area contributed by atoms with Crippen LogP contribution in [0.25, 0.3) is 0 Å². The van der Waals surface area contributed by atoms with E-state index in [4.69, 9.17) is 9.47 Å². The van der Waals surface area contributed by atoms with Crippen molar-refractivity contribution in [3.63, 3.8) is 0 Å². The van der Waals surface area contributed by atoms with E-state index in [-0.39, 0.29) is 24.5 Å². The Morgan fingerprint density at radius 3 is 2.29 bits per heavy atom. The summed E-state index contributed by atoms with van der Waals surface area (Å²) in [7, 11) is 1.61. The van der Waals surface area contributed by atoms with Crippen molar-refractivity contribution in [3.8, 4) is 11.5 Å². The van der Waals surface area contributed by atoms with Crippen molar-refractivity contribution in [1.82, 2.24) is 10.2 Å². The number of para-hydroxylation sites is 1. The smallest absolute Gasteiger partial charge is 0.261 e. The number of methoxy groups -OCH3 is 1. The Morgan fingerprint density at radius 1 is 1.03 bits per heavy atom. The summed E-state index contributed by atoms with van der Waals surface area (Å²) in [5, 5.41) is 3.01. The van der Waals surface area contributed by atoms with Crippen molar-refractivity contribution in [1.29, 1.82) is 0 Å². The minimum atomic E-state index is -0.580. The van der Waals surface area contributed by atoms with Crippen LogP contribution in [0.5, 0.6) is 11.5 Å². The lowest BCUT2D eigenvalue weighted by Gasteiger charge is -2.31. The maximum atomic E-state index is 13.2. The van der Waals surface area contributed by atoms with Crippen LogP contribution >= 0.6 is 0 Å². The molecule has 0 aliphatic carbocycles. The fourth-order valence-electron chi connectivity index (χ4n) is 3.23. The van der Waals surface area contributed by atoms with Gasteiger partial charge in [0.1, 0.15) is 17.5 Å². The highest BCUT2D eigenvalue weighted by molar-refractivity contribution is 5.88. The molecular formula is C25H34N2O4. The normalized spacial score (nSPS) is 12.5. The van der Waals surface area contributed by atoms with Gasteiger partial charge in [-0.05, 0) is 56.0 Å². The molecule has 0 aromatic heterocycles. The van der Waals surface area contributed by atoms with E-state index in [1.165, 1.54) is 0 Å². The van der Waals surface area contributed by atoms with Gasteiger partial charge < -0.3 is 19.7 Å². The van der Waals surface area contributed by atoms with Crippen LogP contribution in [0.15, 0.2) is 48.5 Å². The van der Waals surface area contributed by atoms with E-state index < -0.39 is 6.04 Å². The molecule has 168 valence electrons. The number of amides is 2. The van der Waals surface area contributed by atoms with Gasteiger partial charge in [0, 0.05) is 12.6 Å². The molecule has 0 aliphatic heterocycles. The van der Waals surface area contributed by atoms with Gasteiger partial charge in [0.15, 0.2) is 6.61 Å². The molecule has 2 rings (SSSR count). The number of ether oxygens (including phenoxy) is 2. The van der Waals surface area contributed by atoms with Gasteiger partial charge in [0.05, 0.1) is 7.11 Å². The van der Waals surface area contributed by atoms with E-state index in [9.17, 15) is 9.59 Å². The molecule has 0 fully saturated rings. The largest absolute Gasteiger partial charge is 0.497 e. The van der Waals surface area contributed by atoms with Crippen LogP contribution in [0.3, 0.4) is 0 Å². The maximum Gasteiger partial charge on any atom is 0.261 e. The molecule has 2 aromatic carbocycles. The van der Waals surface area contributed by atoms with Gasteiger partial charge in [0.2, 0.25) is 5.91 Å². The second-order valence-corrected chi connectivity index (χ2v) is 7.67. The molecule has 0 spiro atoms. The minimum Gasteiger partial charge on any atom is -0.497 e. The number of rotatable bonds is 11. The zero-order valence-corrected chi connectivity index (χ0v) is 19.2. The number of nitrogens with one attached hydrogen (secondary N) is 1. The van der Waals surface area contributed by atoms with Gasteiger partial charge in [-0.3, -0.25) is 9.59 Å². The van der Waals surface area contributed by atoms with Gasteiger partial charge >= 0.3 is 0 Å². The summed E-state index contributed by atoms with van der Waals surface area (Å²) in [6.07, 6.45) is 1.33. The monoisotopic (exact) mass is 426 g/mol. The summed E-state index contributed by atoms with van der Waals surface area (Å²) in [5.41, 5.74) is 1.87. The van der Waals surface area contributed by atoms with Gasteiger partial charge in [-0.1, -0.05) is 44.2 Å². The third kappa shape index (κ3) is 7.02. The van der Waals surface area contributed by atoms with Crippen molar-refractivity contribution in [3.05, 3.63) is 59.7 Å².